The van der Waals surface area contributed by atoms with Crippen LogP contribution in [0.5, 0.6) is 0 Å². The fourth-order valence-corrected chi connectivity index (χ4v) is 7.16. The Morgan fingerprint density at radius 3 is 2.72 bits per heavy atom. The van der Waals surface area contributed by atoms with Crippen LogP contribution in [0, 0.1) is 34.5 Å². The fraction of sp³-hybridized carbons (Fsp3) is 0.852. The molecule has 5 heteroatoms. The van der Waals surface area contributed by atoms with Gasteiger partial charge in [-0.15, -0.1) is 0 Å². The number of aliphatic hydroxyl groups is 1. The van der Waals surface area contributed by atoms with Crippen LogP contribution in [0.15, 0.2) is 17.3 Å². The number of likely N-dealkylation sites (N-methyl/N-ethyl adjacent to an activating group) is 1. The molecule has 0 aliphatic heterocycles. The molecule has 0 aromatic rings. The highest BCUT2D eigenvalue weighted by Gasteiger charge is 2.57. The summed E-state index contributed by atoms with van der Waals surface area (Å²) in [5.74, 6) is 2.21. The maximum Gasteiger partial charge on any atom is 0.142 e. The van der Waals surface area contributed by atoms with E-state index in [0.29, 0.717) is 30.1 Å². The summed E-state index contributed by atoms with van der Waals surface area (Å²) >= 11 is 0. The summed E-state index contributed by atoms with van der Waals surface area (Å²) in [6, 6.07) is 0. The highest BCUT2D eigenvalue weighted by molar-refractivity contribution is 5.88. The molecule has 0 aromatic carbocycles. The summed E-state index contributed by atoms with van der Waals surface area (Å²) in [5.41, 5.74) is 0.0147. The van der Waals surface area contributed by atoms with Crippen LogP contribution >= 0.6 is 0 Å². The van der Waals surface area contributed by atoms with E-state index in [0.717, 1.165) is 64.3 Å². The summed E-state index contributed by atoms with van der Waals surface area (Å²) in [4.78, 5) is 21.2. The molecule has 3 saturated carbocycles. The van der Waals surface area contributed by atoms with Crippen molar-refractivity contribution in [3.8, 4) is 0 Å². The van der Waals surface area contributed by atoms with Gasteiger partial charge in [0, 0.05) is 17.9 Å². The topological polar surface area (TPSA) is 62.1 Å². The second-order valence-corrected chi connectivity index (χ2v) is 11.4. The number of allylic oxidation sites excluding steroid dienone is 2. The minimum Gasteiger partial charge on any atom is -0.394 e. The molecule has 0 unspecified atom stereocenters. The van der Waals surface area contributed by atoms with Crippen molar-refractivity contribution in [2.75, 3.05) is 27.2 Å². The monoisotopic (exact) mass is 446 g/mol. The molecule has 0 saturated heterocycles. The smallest absolute Gasteiger partial charge is 0.142 e. The number of Topliss-reactive ketones (excluding diaryl/α,β-unsaturated/α-hetero) is 1. The molecule has 32 heavy (non-hydrogen) atoms. The molecular formula is C27H46N2O3. The fourth-order valence-electron chi connectivity index (χ4n) is 7.16. The number of ketones is 1. The van der Waals surface area contributed by atoms with E-state index in [4.69, 9.17) is 4.84 Å². The minimum atomic E-state index is -0.225. The lowest BCUT2D eigenvalue weighted by Crippen LogP contribution is -2.56. The van der Waals surface area contributed by atoms with Gasteiger partial charge in [-0.05, 0) is 94.7 Å². The maximum absolute atomic E-state index is 13.9. The van der Waals surface area contributed by atoms with Crippen molar-refractivity contribution in [2.45, 2.75) is 84.7 Å². The van der Waals surface area contributed by atoms with Crippen LogP contribution in [0.3, 0.4) is 0 Å². The van der Waals surface area contributed by atoms with E-state index in [1.807, 2.05) is 20.2 Å². The Labute approximate surface area is 195 Å². The molecule has 3 fully saturated rings. The molecule has 3 aliphatic carbocycles. The zero-order chi connectivity index (χ0) is 23.4. The van der Waals surface area contributed by atoms with Gasteiger partial charge in [-0.25, -0.2) is 0 Å². The lowest BCUT2D eigenvalue weighted by atomic mass is 9.46. The van der Waals surface area contributed by atoms with Crippen LogP contribution < -0.4 is 0 Å². The van der Waals surface area contributed by atoms with Gasteiger partial charge < -0.3 is 14.8 Å². The molecule has 7 atom stereocenters. The third-order valence-corrected chi connectivity index (χ3v) is 9.34. The predicted octanol–water partition coefficient (Wildman–Crippen LogP) is 5.09. The van der Waals surface area contributed by atoms with Crippen molar-refractivity contribution < 1.29 is 14.7 Å². The number of carbonyl (C=O) groups is 1. The average Bonchev–Trinajstić information content (AvgIpc) is 2.75. The number of rotatable bonds is 9. The predicted molar refractivity (Wildman–Crippen MR) is 131 cm³/mol. The van der Waals surface area contributed by atoms with Crippen LogP contribution in [0.1, 0.15) is 78.6 Å². The Kier molecular flexibility index (Phi) is 8.59. The molecule has 3 aliphatic rings. The first-order valence-electron chi connectivity index (χ1n) is 12.9. The number of nitrogens with zero attached hydrogens (tertiary/aromatic N) is 2. The first-order chi connectivity index (χ1) is 15.2. The molecule has 0 aromatic heterocycles. The SMILES string of the molecule is CC[C@H](C/C=C/C=N/OCCN(C)C)[C@@]1(C)CC[C@H]2[C@@H](CC[C@@H]3C[C@@H](O)CC[C@@]32C)C1=O. The number of hydrogen-bond acceptors (Lipinski definition) is 5. The molecule has 3 rings (SSSR count). The van der Waals surface area contributed by atoms with Gasteiger partial charge in [-0.2, -0.15) is 0 Å². The standard InChI is InChI=1S/C27H46N2O3/c1-6-20(9-7-8-16-28-32-18-17-29(4)5)27(3)15-13-24-23(25(27)31)11-10-21-19-22(30)12-14-26(21,24)2/h7-8,16,20-24,30H,6,9-15,17-19H2,1-5H3/b8-7+,28-16+/t20-,21-,22+,23-,24+,26+,27-/m1/s1. The van der Waals surface area contributed by atoms with Gasteiger partial charge in [-0.3, -0.25) is 4.79 Å². The van der Waals surface area contributed by atoms with E-state index in [-0.39, 0.29) is 22.9 Å². The number of fused-ring (bicyclic) bond motifs is 3. The van der Waals surface area contributed by atoms with E-state index in [1.54, 1.807) is 6.21 Å². The zero-order valence-corrected chi connectivity index (χ0v) is 21.1. The van der Waals surface area contributed by atoms with Crippen molar-refractivity contribution in [3.05, 3.63) is 12.2 Å². The van der Waals surface area contributed by atoms with Crippen molar-refractivity contribution in [1.82, 2.24) is 4.90 Å². The Morgan fingerprint density at radius 2 is 2.00 bits per heavy atom. The molecule has 0 radical (unpaired) electrons. The van der Waals surface area contributed by atoms with E-state index in [1.165, 1.54) is 0 Å². The third kappa shape index (κ3) is 5.30. The molecule has 182 valence electrons. The summed E-state index contributed by atoms with van der Waals surface area (Å²) in [7, 11) is 4.03. The molecular weight excluding hydrogens is 400 g/mol. The highest BCUT2D eigenvalue weighted by atomic mass is 16.6. The van der Waals surface area contributed by atoms with Gasteiger partial charge in [0.2, 0.25) is 0 Å². The van der Waals surface area contributed by atoms with Gasteiger partial charge in [0.05, 0.1) is 12.3 Å². The van der Waals surface area contributed by atoms with Gasteiger partial charge in [-0.1, -0.05) is 38.4 Å². The molecule has 0 bridgehead atoms. The van der Waals surface area contributed by atoms with Crippen molar-refractivity contribution in [3.63, 3.8) is 0 Å². The van der Waals surface area contributed by atoms with Gasteiger partial charge in [0.25, 0.3) is 0 Å². The molecule has 0 heterocycles. The van der Waals surface area contributed by atoms with Crippen LogP contribution in [0.4, 0.5) is 0 Å². The largest absolute Gasteiger partial charge is 0.394 e. The quantitative estimate of drug-likeness (QED) is 0.305. The summed E-state index contributed by atoms with van der Waals surface area (Å²) in [5, 5.41) is 14.2. The molecule has 0 spiro atoms. The van der Waals surface area contributed by atoms with E-state index < -0.39 is 0 Å². The zero-order valence-electron chi connectivity index (χ0n) is 21.1. The summed E-state index contributed by atoms with van der Waals surface area (Å²) in [6.07, 6.45) is 14.8. The van der Waals surface area contributed by atoms with Gasteiger partial charge >= 0.3 is 0 Å². The summed E-state index contributed by atoms with van der Waals surface area (Å²) < 4.78 is 0. The van der Waals surface area contributed by atoms with E-state index in [2.05, 4.69) is 36.9 Å². The van der Waals surface area contributed by atoms with Crippen LogP contribution in [-0.2, 0) is 9.63 Å². The second-order valence-electron chi connectivity index (χ2n) is 11.4. The number of aliphatic hydroxyl groups excluding tert-OH is 1. The molecule has 1 N–H and O–H groups in total. The number of carbonyl (C=O) groups excluding carboxylic acids is 1. The lowest BCUT2D eigenvalue weighted by molar-refractivity contribution is -0.157. The summed E-state index contributed by atoms with van der Waals surface area (Å²) in [6.45, 7) is 8.33. The van der Waals surface area contributed by atoms with Crippen molar-refractivity contribution >= 4 is 12.0 Å². The van der Waals surface area contributed by atoms with E-state index in [9.17, 15) is 9.90 Å². The second kappa shape index (κ2) is 10.8. The normalized spacial score (nSPS) is 38.8. The van der Waals surface area contributed by atoms with Crippen LogP contribution in [-0.4, -0.2) is 55.4 Å². The maximum atomic E-state index is 13.9. The van der Waals surface area contributed by atoms with Crippen LogP contribution in [0.25, 0.3) is 0 Å². The highest BCUT2D eigenvalue weighted by Crippen LogP contribution is 2.61. The van der Waals surface area contributed by atoms with Crippen LogP contribution in [0.2, 0.25) is 0 Å². The van der Waals surface area contributed by atoms with Crippen molar-refractivity contribution in [1.29, 1.82) is 0 Å². The number of oxime groups is 1. The molecule has 0 amide bonds. The first-order valence-corrected chi connectivity index (χ1v) is 12.9. The van der Waals surface area contributed by atoms with Gasteiger partial charge in [0.15, 0.2) is 0 Å². The van der Waals surface area contributed by atoms with Gasteiger partial charge in [0.1, 0.15) is 12.4 Å². The Bertz CT molecular complexity index is 690. The number of hydrogen-bond donors (Lipinski definition) is 1. The lowest BCUT2D eigenvalue weighted by Gasteiger charge is -2.58. The first kappa shape index (κ1) is 25.4. The Hall–Kier alpha value is -1.20. The Balaban J connectivity index is 1.60. The van der Waals surface area contributed by atoms with E-state index >= 15 is 0 Å². The third-order valence-electron chi connectivity index (χ3n) is 9.34. The average molecular weight is 447 g/mol. The molecule has 5 nitrogen and oxygen atoms in total. The van der Waals surface area contributed by atoms with Crippen molar-refractivity contribution in [2.24, 2.45) is 39.7 Å². The Morgan fingerprint density at radius 1 is 1.22 bits per heavy atom. The minimum absolute atomic E-state index is 0.132.